The van der Waals surface area contributed by atoms with Gasteiger partial charge in [0.05, 0.1) is 11.1 Å². The fourth-order valence-electron chi connectivity index (χ4n) is 1.26. The van der Waals surface area contributed by atoms with E-state index < -0.39 is 6.10 Å². The number of carbonyl (C=O) groups excluding carboxylic acids is 1. The van der Waals surface area contributed by atoms with Gasteiger partial charge in [-0.1, -0.05) is 22.9 Å². The van der Waals surface area contributed by atoms with Gasteiger partial charge in [0.2, 0.25) is 0 Å². The minimum atomic E-state index is -0.563. The van der Waals surface area contributed by atoms with Gasteiger partial charge in [-0.25, -0.2) is 4.79 Å². The molecule has 1 aromatic rings. The highest BCUT2D eigenvalue weighted by atomic mass is 79.9. The van der Waals surface area contributed by atoms with Gasteiger partial charge < -0.3 is 9.47 Å². The van der Waals surface area contributed by atoms with E-state index in [1.165, 1.54) is 0 Å². The molecule has 0 heterocycles. The summed E-state index contributed by atoms with van der Waals surface area (Å²) in [7, 11) is 0. The normalized spacial score (nSPS) is 12.0. The van der Waals surface area contributed by atoms with Crippen molar-refractivity contribution in [2.45, 2.75) is 26.4 Å². The Morgan fingerprint density at radius 2 is 2.06 bits per heavy atom. The van der Waals surface area contributed by atoms with Crippen molar-refractivity contribution in [1.29, 1.82) is 0 Å². The smallest absolute Gasteiger partial charge is 0.347 e. The second-order valence-electron chi connectivity index (χ2n) is 3.34. The summed E-state index contributed by atoms with van der Waals surface area (Å²) in [4.78, 5) is 11.6. The highest BCUT2D eigenvalue weighted by Gasteiger charge is 2.20. The fraction of sp³-hybridized carbons (Fsp3) is 0.417. The Morgan fingerprint density at radius 3 is 2.59 bits per heavy atom. The Labute approximate surface area is 118 Å². The molecule has 0 fully saturated rings. The molecule has 0 amide bonds. The Hall–Kier alpha value is -0.550. The predicted octanol–water partition coefficient (Wildman–Crippen LogP) is 3.93. The average Bonchev–Trinajstić information content (AvgIpc) is 2.28. The molecule has 0 aliphatic heterocycles. The van der Waals surface area contributed by atoms with Gasteiger partial charge in [0.15, 0.2) is 6.10 Å². The summed E-state index contributed by atoms with van der Waals surface area (Å²) in [5.74, 6) is 0.304. The molecule has 0 spiro atoms. The number of halogens is 2. The first-order valence-electron chi connectivity index (χ1n) is 5.36. The summed E-state index contributed by atoms with van der Waals surface area (Å²) in [5, 5.41) is 0. The molecule has 17 heavy (non-hydrogen) atoms. The van der Waals surface area contributed by atoms with E-state index in [1.807, 2.05) is 19.1 Å². The third kappa shape index (κ3) is 4.32. The standard InChI is InChI=1S/C12H14Br2O3/c1-3-10(12(15)16-4-2)17-11-6-5-8(13)7-9(11)14/h5-7,10H,3-4H2,1-2H3. The zero-order valence-electron chi connectivity index (χ0n) is 9.70. The van der Waals surface area contributed by atoms with Crippen molar-refractivity contribution < 1.29 is 14.3 Å². The zero-order chi connectivity index (χ0) is 12.8. The topological polar surface area (TPSA) is 35.5 Å². The SMILES string of the molecule is CCOC(=O)C(CC)Oc1ccc(Br)cc1Br. The van der Waals surface area contributed by atoms with Crippen LogP contribution in [0.4, 0.5) is 0 Å². The molecule has 0 saturated carbocycles. The molecule has 0 bridgehead atoms. The van der Waals surface area contributed by atoms with Crippen LogP contribution in [0.15, 0.2) is 27.1 Å². The first-order chi connectivity index (χ1) is 8.08. The molecule has 0 saturated heterocycles. The van der Waals surface area contributed by atoms with Crippen LogP contribution in [0.2, 0.25) is 0 Å². The summed E-state index contributed by atoms with van der Waals surface area (Å²) in [6.07, 6.45) is 0.00820. The van der Waals surface area contributed by atoms with Crippen molar-refractivity contribution in [1.82, 2.24) is 0 Å². The molecule has 0 aliphatic rings. The summed E-state index contributed by atoms with van der Waals surface area (Å²) in [5.41, 5.74) is 0. The van der Waals surface area contributed by atoms with E-state index >= 15 is 0 Å². The van der Waals surface area contributed by atoms with E-state index in [2.05, 4.69) is 31.9 Å². The van der Waals surface area contributed by atoms with Crippen LogP contribution in [0, 0.1) is 0 Å². The molecular weight excluding hydrogens is 352 g/mol. The molecule has 3 nitrogen and oxygen atoms in total. The highest BCUT2D eigenvalue weighted by Crippen LogP contribution is 2.29. The molecular formula is C12H14Br2O3. The van der Waals surface area contributed by atoms with Crippen molar-refractivity contribution in [3.8, 4) is 5.75 Å². The van der Waals surface area contributed by atoms with E-state index in [-0.39, 0.29) is 5.97 Å². The monoisotopic (exact) mass is 364 g/mol. The highest BCUT2D eigenvalue weighted by molar-refractivity contribution is 9.11. The summed E-state index contributed by atoms with van der Waals surface area (Å²) < 4.78 is 12.3. The van der Waals surface area contributed by atoms with Crippen LogP contribution in [-0.2, 0) is 9.53 Å². The van der Waals surface area contributed by atoms with Gasteiger partial charge in [0.1, 0.15) is 5.75 Å². The summed E-state index contributed by atoms with van der Waals surface area (Å²) in [6, 6.07) is 5.53. The minimum Gasteiger partial charge on any atom is -0.478 e. The van der Waals surface area contributed by atoms with E-state index in [9.17, 15) is 4.79 Å². The van der Waals surface area contributed by atoms with Gasteiger partial charge in [0.25, 0.3) is 0 Å². The summed E-state index contributed by atoms with van der Waals surface area (Å²) >= 11 is 6.74. The van der Waals surface area contributed by atoms with Crippen LogP contribution in [0.5, 0.6) is 5.75 Å². The van der Waals surface area contributed by atoms with Crippen molar-refractivity contribution in [2.75, 3.05) is 6.61 Å². The molecule has 5 heteroatoms. The van der Waals surface area contributed by atoms with Crippen molar-refractivity contribution in [3.63, 3.8) is 0 Å². The predicted molar refractivity (Wildman–Crippen MR) is 73.2 cm³/mol. The van der Waals surface area contributed by atoms with E-state index in [4.69, 9.17) is 9.47 Å². The third-order valence-corrected chi connectivity index (χ3v) is 3.20. The molecule has 0 aromatic heterocycles. The van der Waals surface area contributed by atoms with Gasteiger partial charge in [-0.3, -0.25) is 0 Å². The Morgan fingerprint density at radius 1 is 1.35 bits per heavy atom. The van der Waals surface area contributed by atoms with E-state index in [0.717, 1.165) is 8.95 Å². The third-order valence-electron chi connectivity index (χ3n) is 2.08. The van der Waals surface area contributed by atoms with Gasteiger partial charge >= 0.3 is 5.97 Å². The number of benzene rings is 1. The second-order valence-corrected chi connectivity index (χ2v) is 5.11. The Kier molecular flexibility index (Phi) is 5.98. The molecule has 0 radical (unpaired) electrons. The van der Waals surface area contributed by atoms with Gasteiger partial charge in [0, 0.05) is 4.47 Å². The molecule has 1 atom stereocenters. The van der Waals surface area contributed by atoms with Crippen LogP contribution in [0.1, 0.15) is 20.3 Å². The molecule has 0 aliphatic carbocycles. The van der Waals surface area contributed by atoms with Crippen molar-refractivity contribution >= 4 is 37.8 Å². The first kappa shape index (κ1) is 14.5. The second kappa shape index (κ2) is 7.01. The molecule has 1 unspecified atom stereocenters. The van der Waals surface area contributed by atoms with Crippen molar-refractivity contribution in [3.05, 3.63) is 27.1 Å². The first-order valence-corrected chi connectivity index (χ1v) is 6.95. The minimum absolute atomic E-state index is 0.329. The average molecular weight is 366 g/mol. The van der Waals surface area contributed by atoms with Crippen LogP contribution in [0.25, 0.3) is 0 Å². The van der Waals surface area contributed by atoms with E-state index in [0.29, 0.717) is 18.8 Å². The fourth-order valence-corrected chi connectivity index (χ4v) is 2.40. The maximum Gasteiger partial charge on any atom is 0.347 e. The lowest BCUT2D eigenvalue weighted by Crippen LogP contribution is -2.28. The van der Waals surface area contributed by atoms with Crippen LogP contribution in [-0.4, -0.2) is 18.7 Å². The quantitative estimate of drug-likeness (QED) is 0.741. The maximum absolute atomic E-state index is 11.6. The van der Waals surface area contributed by atoms with Gasteiger partial charge in [-0.05, 0) is 47.5 Å². The van der Waals surface area contributed by atoms with Gasteiger partial charge in [-0.2, -0.15) is 0 Å². The lowest BCUT2D eigenvalue weighted by atomic mass is 10.2. The molecule has 1 aromatic carbocycles. The molecule has 94 valence electrons. The number of rotatable bonds is 5. The van der Waals surface area contributed by atoms with Crippen LogP contribution >= 0.6 is 31.9 Å². The van der Waals surface area contributed by atoms with Crippen molar-refractivity contribution in [2.24, 2.45) is 0 Å². The number of carbonyl (C=O) groups is 1. The number of esters is 1. The summed E-state index contributed by atoms with van der Waals surface area (Å²) in [6.45, 7) is 4.02. The largest absolute Gasteiger partial charge is 0.478 e. The number of hydrogen-bond acceptors (Lipinski definition) is 3. The Bertz CT molecular complexity index is 393. The zero-order valence-corrected chi connectivity index (χ0v) is 12.9. The molecule has 1 rings (SSSR count). The number of ether oxygens (including phenoxy) is 2. The van der Waals surface area contributed by atoms with E-state index in [1.54, 1.807) is 13.0 Å². The van der Waals surface area contributed by atoms with Crippen LogP contribution in [0.3, 0.4) is 0 Å². The van der Waals surface area contributed by atoms with Crippen LogP contribution < -0.4 is 4.74 Å². The Balaban J connectivity index is 2.77. The molecule has 0 N–H and O–H groups in total. The lowest BCUT2D eigenvalue weighted by molar-refractivity contribution is -0.151. The number of hydrogen-bond donors (Lipinski definition) is 0. The van der Waals surface area contributed by atoms with Gasteiger partial charge in [-0.15, -0.1) is 0 Å². The maximum atomic E-state index is 11.6. The lowest BCUT2D eigenvalue weighted by Gasteiger charge is -2.17.